The van der Waals surface area contributed by atoms with Gasteiger partial charge in [0.25, 0.3) is 0 Å². The third kappa shape index (κ3) is 2.08. The highest BCUT2D eigenvalue weighted by Gasteiger charge is 2.27. The van der Waals surface area contributed by atoms with Crippen LogP contribution in [0.1, 0.15) is 38.8 Å². The summed E-state index contributed by atoms with van der Waals surface area (Å²) in [5.41, 5.74) is 2.43. The van der Waals surface area contributed by atoms with Crippen LogP contribution in [0.25, 0.3) is 0 Å². The Bertz CT molecular complexity index is 356. The van der Waals surface area contributed by atoms with E-state index >= 15 is 0 Å². The summed E-state index contributed by atoms with van der Waals surface area (Å²) in [6, 6.07) is 0.617. The summed E-state index contributed by atoms with van der Waals surface area (Å²) >= 11 is 0. The maximum absolute atomic E-state index is 4.28. The van der Waals surface area contributed by atoms with Gasteiger partial charge < -0.3 is 5.32 Å². The molecule has 1 heterocycles. The van der Waals surface area contributed by atoms with Crippen LogP contribution in [0.5, 0.6) is 0 Å². The monoisotopic (exact) mass is 221 g/mol. The van der Waals surface area contributed by atoms with E-state index in [-0.39, 0.29) is 0 Å². The largest absolute Gasteiger partial charge is 0.379 e. The summed E-state index contributed by atoms with van der Waals surface area (Å²) in [6.45, 7) is 6.86. The number of hydrogen-bond donors (Lipinski definition) is 1. The standard InChI is InChI=1S/C13H23N3/c1-9-6-5-7-12(10(9)2)15-13-8-14-16(4)11(13)3/h8-10,12,15H,5-7H2,1-4H3. The molecule has 1 fully saturated rings. The molecule has 90 valence electrons. The van der Waals surface area contributed by atoms with Gasteiger partial charge in [-0.2, -0.15) is 5.10 Å². The highest BCUT2D eigenvalue weighted by molar-refractivity contribution is 5.46. The van der Waals surface area contributed by atoms with E-state index in [2.05, 4.69) is 31.2 Å². The molecule has 1 saturated carbocycles. The first-order valence-electron chi connectivity index (χ1n) is 6.34. The predicted octanol–water partition coefficient (Wildman–Crippen LogP) is 2.97. The Morgan fingerprint density at radius 2 is 2.12 bits per heavy atom. The SMILES string of the molecule is Cc1c(NC2CCCC(C)C2C)cnn1C. The van der Waals surface area contributed by atoms with E-state index in [1.807, 2.05) is 17.9 Å². The van der Waals surface area contributed by atoms with Crippen LogP contribution in [0.4, 0.5) is 5.69 Å². The molecule has 1 aromatic rings. The normalized spacial score (nSPS) is 30.4. The van der Waals surface area contributed by atoms with Gasteiger partial charge in [0.05, 0.1) is 17.6 Å². The fourth-order valence-electron chi connectivity index (χ4n) is 2.63. The van der Waals surface area contributed by atoms with E-state index in [1.165, 1.54) is 30.6 Å². The molecule has 0 aromatic carbocycles. The molecule has 0 spiro atoms. The maximum Gasteiger partial charge on any atom is 0.0758 e. The molecule has 0 radical (unpaired) electrons. The van der Waals surface area contributed by atoms with E-state index in [4.69, 9.17) is 0 Å². The quantitative estimate of drug-likeness (QED) is 0.832. The molecule has 3 unspecified atom stereocenters. The second kappa shape index (κ2) is 4.48. The lowest BCUT2D eigenvalue weighted by molar-refractivity contribution is 0.253. The summed E-state index contributed by atoms with van der Waals surface area (Å²) in [6.07, 6.45) is 5.97. The van der Waals surface area contributed by atoms with E-state index < -0.39 is 0 Å². The number of hydrogen-bond acceptors (Lipinski definition) is 2. The molecule has 0 aliphatic heterocycles. The van der Waals surface area contributed by atoms with Gasteiger partial charge in [-0.25, -0.2) is 0 Å². The third-order valence-corrected chi connectivity index (χ3v) is 4.28. The van der Waals surface area contributed by atoms with Crippen LogP contribution in [0.3, 0.4) is 0 Å². The first-order chi connectivity index (χ1) is 7.59. The molecule has 3 heteroatoms. The van der Waals surface area contributed by atoms with E-state index in [0.29, 0.717) is 6.04 Å². The molecule has 2 rings (SSSR count). The average Bonchev–Trinajstić information content (AvgIpc) is 2.57. The van der Waals surface area contributed by atoms with Crippen molar-refractivity contribution in [1.82, 2.24) is 9.78 Å². The molecule has 0 bridgehead atoms. The minimum Gasteiger partial charge on any atom is -0.379 e. The molecule has 1 N–H and O–H groups in total. The zero-order valence-electron chi connectivity index (χ0n) is 10.8. The van der Waals surface area contributed by atoms with Gasteiger partial charge in [0.15, 0.2) is 0 Å². The van der Waals surface area contributed by atoms with Gasteiger partial charge >= 0.3 is 0 Å². The fraction of sp³-hybridized carbons (Fsp3) is 0.769. The Labute approximate surface area is 98.2 Å². The molecule has 3 atom stereocenters. The number of aryl methyl sites for hydroxylation is 1. The van der Waals surface area contributed by atoms with Crippen LogP contribution in [0, 0.1) is 18.8 Å². The summed E-state index contributed by atoms with van der Waals surface area (Å²) in [4.78, 5) is 0. The van der Waals surface area contributed by atoms with Crippen LogP contribution >= 0.6 is 0 Å². The summed E-state index contributed by atoms with van der Waals surface area (Å²) in [5.74, 6) is 1.59. The van der Waals surface area contributed by atoms with Crippen LogP contribution in [-0.2, 0) is 7.05 Å². The molecule has 1 aliphatic carbocycles. The fourth-order valence-corrected chi connectivity index (χ4v) is 2.63. The number of nitrogens with zero attached hydrogens (tertiary/aromatic N) is 2. The topological polar surface area (TPSA) is 29.9 Å². The molecule has 3 nitrogen and oxygen atoms in total. The lowest BCUT2D eigenvalue weighted by atomic mass is 9.78. The van der Waals surface area contributed by atoms with Gasteiger partial charge in [-0.3, -0.25) is 4.68 Å². The van der Waals surface area contributed by atoms with Gasteiger partial charge in [-0.05, 0) is 25.2 Å². The molecular weight excluding hydrogens is 198 g/mol. The predicted molar refractivity (Wildman–Crippen MR) is 67.5 cm³/mol. The first kappa shape index (κ1) is 11.5. The summed E-state index contributed by atoms with van der Waals surface area (Å²) < 4.78 is 1.93. The lowest BCUT2D eigenvalue weighted by Gasteiger charge is -2.35. The smallest absolute Gasteiger partial charge is 0.0758 e. The zero-order chi connectivity index (χ0) is 11.7. The number of aromatic nitrogens is 2. The number of nitrogens with one attached hydrogen (secondary N) is 1. The molecule has 0 amide bonds. The molecular formula is C13H23N3. The summed E-state index contributed by atoms with van der Waals surface area (Å²) in [7, 11) is 1.99. The Balaban J connectivity index is 2.06. The van der Waals surface area contributed by atoms with Gasteiger partial charge in [-0.15, -0.1) is 0 Å². The van der Waals surface area contributed by atoms with E-state index in [1.54, 1.807) is 0 Å². The van der Waals surface area contributed by atoms with Crippen molar-refractivity contribution in [3.05, 3.63) is 11.9 Å². The average molecular weight is 221 g/mol. The first-order valence-corrected chi connectivity index (χ1v) is 6.34. The number of rotatable bonds is 2. The molecule has 16 heavy (non-hydrogen) atoms. The highest BCUT2D eigenvalue weighted by Crippen LogP contribution is 2.32. The highest BCUT2D eigenvalue weighted by atomic mass is 15.3. The van der Waals surface area contributed by atoms with Crippen molar-refractivity contribution in [1.29, 1.82) is 0 Å². The number of anilines is 1. The minimum atomic E-state index is 0.617. The van der Waals surface area contributed by atoms with Crippen LogP contribution in [-0.4, -0.2) is 15.8 Å². The zero-order valence-corrected chi connectivity index (χ0v) is 10.8. The Morgan fingerprint density at radius 3 is 2.75 bits per heavy atom. The van der Waals surface area contributed by atoms with Crippen molar-refractivity contribution in [3.8, 4) is 0 Å². The second-order valence-electron chi connectivity index (χ2n) is 5.29. The van der Waals surface area contributed by atoms with Crippen molar-refractivity contribution in [2.75, 3.05) is 5.32 Å². The maximum atomic E-state index is 4.28. The second-order valence-corrected chi connectivity index (χ2v) is 5.29. The third-order valence-electron chi connectivity index (χ3n) is 4.28. The Morgan fingerprint density at radius 1 is 1.38 bits per heavy atom. The van der Waals surface area contributed by atoms with Crippen molar-refractivity contribution in [3.63, 3.8) is 0 Å². The van der Waals surface area contributed by atoms with Crippen LogP contribution < -0.4 is 5.32 Å². The van der Waals surface area contributed by atoms with Crippen molar-refractivity contribution >= 4 is 5.69 Å². The lowest BCUT2D eigenvalue weighted by Crippen LogP contribution is -2.35. The van der Waals surface area contributed by atoms with Crippen molar-refractivity contribution in [2.24, 2.45) is 18.9 Å². The summed E-state index contributed by atoms with van der Waals surface area (Å²) in [5, 5.41) is 7.95. The van der Waals surface area contributed by atoms with E-state index in [0.717, 1.165) is 11.8 Å². The van der Waals surface area contributed by atoms with Gasteiger partial charge in [0, 0.05) is 13.1 Å². The molecule has 1 aromatic heterocycles. The van der Waals surface area contributed by atoms with Gasteiger partial charge in [-0.1, -0.05) is 26.7 Å². The van der Waals surface area contributed by atoms with E-state index in [9.17, 15) is 0 Å². The molecule has 0 saturated heterocycles. The van der Waals surface area contributed by atoms with Crippen LogP contribution in [0.2, 0.25) is 0 Å². The van der Waals surface area contributed by atoms with Gasteiger partial charge in [0.1, 0.15) is 0 Å². The minimum absolute atomic E-state index is 0.617. The van der Waals surface area contributed by atoms with Crippen molar-refractivity contribution in [2.45, 2.75) is 46.1 Å². The van der Waals surface area contributed by atoms with Gasteiger partial charge in [0.2, 0.25) is 0 Å². The van der Waals surface area contributed by atoms with Crippen molar-refractivity contribution < 1.29 is 0 Å². The molecule has 1 aliphatic rings. The Hall–Kier alpha value is -0.990. The Kier molecular flexibility index (Phi) is 3.22. The van der Waals surface area contributed by atoms with Crippen LogP contribution in [0.15, 0.2) is 6.20 Å².